The molecule has 0 N–H and O–H groups in total. The third-order valence-corrected chi connectivity index (χ3v) is 8.23. The second kappa shape index (κ2) is 11.7. The molecule has 233 valence electrons. The second-order valence-corrected chi connectivity index (χ2v) is 12.4. The van der Waals surface area contributed by atoms with Crippen LogP contribution in [-0.2, 0) is 25.5 Å². The van der Waals surface area contributed by atoms with E-state index in [1.165, 1.54) is 18.3 Å². The van der Waals surface area contributed by atoms with Crippen LogP contribution in [0.15, 0.2) is 108 Å². The maximum absolute atomic E-state index is 7.65. The zero-order valence-electron chi connectivity index (χ0n) is 31.8. The Kier molecular flexibility index (Phi) is 6.06. The molecule has 0 atom stereocenters. The van der Waals surface area contributed by atoms with Gasteiger partial charge in [-0.1, -0.05) is 75.5 Å². The molecule has 0 fully saturated rings. The predicted molar refractivity (Wildman–Crippen MR) is 188 cm³/mol. The van der Waals surface area contributed by atoms with E-state index in [1.54, 1.807) is 6.07 Å². The molecule has 9 aromatic rings. The summed E-state index contributed by atoms with van der Waals surface area (Å²) in [5.41, 5.74) is 6.63. The minimum absolute atomic E-state index is 0. The van der Waals surface area contributed by atoms with Crippen molar-refractivity contribution in [3.63, 3.8) is 0 Å². The summed E-state index contributed by atoms with van der Waals surface area (Å²) in [5.74, 6) is 0.324. The van der Waals surface area contributed by atoms with Crippen molar-refractivity contribution in [2.75, 3.05) is 0 Å². The molecule has 0 spiro atoms. The predicted octanol–water partition coefficient (Wildman–Crippen LogP) is 10.3. The largest absolute Gasteiger partial charge is 0.454 e. The van der Waals surface area contributed by atoms with Gasteiger partial charge in [0, 0.05) is 56.4 Å². The minimum Gasteiger partial charge on any atom is -0.454 e. The van der Waals surface area contributed by atoms with Crippen molar-refractivity contribution in [2.24, 2.45) is 0 Å². The van der Waals surface area contributed by atoms with Gasteiger partial charge in [0.1, 0.15) is 5.58 Å². The van der Waals surface area contributed by atoms with Gasteiger partial charge < -0.3 is 8.82 Å². The summed E-state index contributed by atoms with van der Waals surface area (Å²) in [4.78, 5) is 13.5. The van der Waals surface area contributed by atoms with Crippen LogP contribution in [0.25, 0.3) is 71.7 Å². The number of imidazole rings is 1. The first-order valence-corrected chi connectivity index (χ1v) is 15.0. The van der Waals surface area contributed by atoms with Crippen LogP contribution in [0.3, 0.4) is 0 Å². The van der Waals surface area contributed by atoms with E-state index in [2.05, 4.69) is 75.0 Å². The van der Waals surface area contributed by atoms with Crippen LogP contribution < -0.4 is 0 Å². The van der Waals surface area contributed by atoms with Crippen LogP contribution in [0.2, 0.25) is 0 Å². The smallest absolute Gasteiger partial charge is 0.158 e. The molecule has 0 saturated carbocycles. The van der Waals surface area contributed by atoms with Gasteiger partial charge in [-0.25, -0.2) is 0 Å². The average molecular weight is 795 g/mol. The van der Waals surface area contributed by atoms with E-state index in [0.717, 1.165) is 60.3 Å². The van der Waals surface area contributed by atoms with Gasteiger partial charge in [0.2, 0.25) is 0 Å². The van der Waals surface area contributed by atoms with Gasteiger partial charge in [-0.15, -0.1) is 65.0 Å². The summed E-state index contributed by atoms with van der Waals surface area (Å²) in [7, 11) is 0. The number of fused-ring (bicyclic) bond motifs is 12. The first-order chi connectivity index (χ1) is 24.7. The Morgan fingerprint density at radius 1 is 0.787 bits per heavy atom. The quantitative estimate of drug-likeness (QED) is 0.123. The number of furan rings is 1. The zero-order valence-corrected chi connectivity index (χ0v) is 28.2. The molecule has 0 aliphatic carbocycles. The van der Waals surface area contributed by atoms with E-state index < -0.39 is 19.1 Å². The summed E-state index contributed by atoms with van der Waals surface area (Å²) < 4.78 is 53.7. The van der Waals surface area contributed by atoms with Crippen LogP contribution >= 0.6 is 0 Å². The van der Waals surface area contributed by atoms with Crippen molar-refractivity contribution < 1.29 is 32.7 Å². The SMILES string of the molecule is [2H]C([2H])([2H])c1c[c-]c(-c2ncc(C([2H])([2H])[2H])c(C(C)(C)C)n2)cc1.[Ir].[c-]1cccc2c1c1nc3ccccc3n1c1c2ccc2c3ccccc3oc21. The topological polar surface area (TPSA) is 56.2 Å². The van der Waals surface area contributed by atoms with Crippen molar-refractivity contribution in [2.45, 2.75) is 39.9 Å². The Labute approximate surface area is 295 Å². The molecule has 0 saturated heterocycles. The van der Waals surface area contributed by atoms with Gasteiger partial charge in [0.15, 0.2) is 5.58 Å². The third kappa shape index (κ3) is 5.18. The molecule has 4 heterocycles. The number of pyridine rings is 1. The number of para-hydroxylation sites is 3. The van der Waals surface area contributed by atoms with Crippen molar-refractivity contribution in [1.82, 2.24) is 19.4 Å². The van der Waals surface area contributed by atoms with Gasteiger partial charge in [-0.2, -0.15) is 0 Å². The maximum Gasteiger partial charge on any atom is 0.158 e. The summed E-state index contributed by atoms with van der Waals surface area (Å²) in [6, 6.07) is 37.7. The van der Waals surface area contributed by atoms with E-state index in [0.29, 0.717) is 17.1 Å². The molecule has 0 unspecified atom stereocenters. The van der Waals surface area contributed by atoms with Crippen molar-refractivity contribution in [1.29, 1.82) is 0 Å². The van der Waals surface area contributed by atoms with Crippen LogP contribution in [0, 0.1) is 25.8 Å². The molecule has 0 bridgehead atoms. The van der Waals surface area contributed by atoms with E-state index >= 15 is 0 Å². The summed E-state index contributed by atoms with van der Waals surface area (Å²) in [5, 5.41) is 5.58. The number of aromatic nitrogens is 4. The summed E-state index contributed by atoms with van der Waals surface area (Å²) >= 11 is 0. The molecule has 1 radical (unpaired) electrons. The Morgan fingerprint density at radius 3 is 2.40 bits per heavy atom. The van der Waals surface area contributed by atoms with Gasteiger partial charge in [-0.3, -0.25) is 15.0 Å². The summed E-state index contributed by atoms with van der Waals surface area (Å²) in [6.45, 7) is 1.16. The van der Waals surface area contributed by atoms with Crippen molar-refractivity contribution in [3.05, 3.63) is 132 Å². The molecule has 0 aliphatic rings. The zero-order chi connectivity index (χ0) is 36.6. The molecule has 5 nitrogen and oxygen atoms in total. The van der Waals surface area contributed by atoms with E-state index in [-0.39, 0.29) is 31.2 Å². The van der Waals surface area contributed by atoms with Crippen molar-refractivity contribution in [3.8, 4) is 11.4 Å². The normalized spacial score (nSPS) is 14.2. The number of aryl methyl sites for hydroxylation is 2. The number of benzene rings is 5. The maximum atomic E-state index is 7.65. The second-order valence-electron chi connectivity index (χ2n) is 12.4. The summed E-state index contributed by atoms with van der Waals surface area (Å²) in [6.07, 6.45) is 1.32. The fourth-order valence-corrected chi connectivity index (χ4v) is 6.13. The average Bonchev–Trinajstić information content (AvgIpc) is 3.70. The molecule has 9 rings (SSSR count). The molecule has 0 aliphatic heterocycles. The monoisotopic (exact) mass is 795 g/mol. The van der Waals surface area contributed by atoms with E-state index in [4.69, 9.17) is 17.6 Å². The minimum atomic E-state index is -2.30. The number of hydrogen-bond donors (Lipinski definition) is 0. The first kappa shape index (κ1) is 24.3. The molecule has 6 heteroatoms. The van der Waals surface area contributed by atoms with Gasteiger partial charge in [0.25, 0.3) is 0 Å². The Balaban J connectivity index is 0.000000164. The number of nitrogens with zero attached hydrogens (tertiary/aromatic N) is 4. The molecular weight excluding hydrogens is 757 g/mol. The Bertz CT molecular complexity index is 2820. The van der Waals surface area contributed by atoms with Crippen LogP contribution in [-0.4, -0.2) is 19.4 Å². The fraction of sp³-hybridized carbons (Fsp3) is 0.146. The van der Waals surface area contributed by atoms with Gasteiger partial charge >= 0.3 is 0 Å². The molecule has 0 amide bonds. The molecule has 4 aromatic heterocycles. The van der Waals surface area contributed by atoms with E-state index in [1.807, 2.05) is 51.1 Å². The fourth-order valence-electron chi connectivity index (χ4n) is 6.13. The van der Waals surface area contributed by atoms with Crippen LogP contribution in [0.4, 0.5) is 0 Å². The number of rotatable bonds is 1. The van der Waals surface area contributed by atoms with Crippen molar-refractivity contribution >= 4 is 60.3 Å². The third-order valence-electron chi connectivity index (χ3n) is 8.23. The van der Waals surface area contributed by atoms with Gasteiger partial charge in [-0.05, 0) is 36.0 Å². The van der Waals surface area contributed by atoms with E-state index in [9.17, 15) is 0 Å². The first-order valence-electron chi connectivity index (χ1n) is 18.0. The number of hydrogen-bond acceptors (Lipinski definition) is 4. The Hall–Kier alpha value is -4.90. The van der Waals surface area contributed by atoms with Crippen LogP contribution in [0.5, 0.6) is 0 Å². The van der Waals surface area contributed by atoms with Gasteiger partial charge in [0.05, 0.1) is 28.0 Å². The Morgan fingerprint density at radius 2 is 1.60 bits per heavy atom. The molecule has 5 aromatic carbocycles. The molecular formula is C41H32IrN4O-2. The van der Waals surface area contributed by atoms with Crippen LogP contribution in [0.1, 0.15) is 45.8 Å². The standard InChI is InChI=1S/C25H13N2O.C16H19N2.Ir/c1-2-9-19-15(7-1)17-13-14-18-16-8-3-6-12-22(16)28-24(18)23(17)27-21-11-5-4-10-20(21)26-25(19)27;1-11-6-8-13(9-7-11)15-17-10-12(2)14(18-15)16(3,4)5;/h1-8,10-14H;6-8,10H,1-5H3;/q2*-1;/i;1D3,2D3;. The molecule has 47 heavy (non-hydrogen) atoms.